The van der Waals surface area contributed by atoms with Gasteiger partial charge in [0.2, 0.25) is 5.95 Å². The van der Waals surface area contributed by atoms with Crippen molar-refractivity contribution in [2.24, 2.45) is 0 Å². The van der Waals surface area contributed by atoms with E-state index in [0.717, 1.165) is 16.2 Å². The molecule has 0 saturated heterocycles. The SMILES string of the molecule is CC(O)CN(CC(C)O)c1nccc(-c2c(-c3ccc(F)cc3)nc3sccn23)n1. The van der Waals surface area contributed by atoms with Gasteiger partial charge in [0.05, 0.1) is 23.6 Å². The number of halogens is 1. The smallest absolute Gasteiger partial charge is 0.226 e. The molecule has 4 rings (SSSR count). The van der Waals surface area contributed by atoms with Crippen LogP contribution in [0.4, 0.5) is 10.3 Å². The summed E-state index contributed by atoms with van der Waals surface area (Å²) < 4.78 is 15.4. The Kier molecular flexibility index (Phi) is 5.76. The van der Waals surface area contributed by atoms with E-state index in [1.165, 1.54) is 23.5 Å². The molecule has 0 radical (unpaired) electrons. The van der Waals surface area contributed by atoms with Crippen molar-refractivity contribution in [2.45, 2.75) is 26.1 Å². The van der Waals surface area contributed by atoms with Gasteiger partial charge in [-0.3, -0.25) is 4.40 Å². The summed E-state index contributed by atoms with van der Waals surface area (Å²) in [4.78, 5) is 16.3. The minimum absolute atomic E-state index is 0.291. The fourth-order valence-corrected chi connectivity index (χ4v) is 4.06. The highest BCUT2D eigenvalue weighted by Crippen LogP contribution is 2.33. The average molecular weight is 428 g/mol. The highest BCUT2D eigenvalue weighted by molar-refractivity contribution is 7.15. The van der Waals surface area contributed by atoms with Gasteiger partial charge >= 0.3 is 0 Å². The fraction of sp³-hybridized carbons (Fsp3) is 0.286. The van der Waals surface area contributed by atoms with E-state index in [9.17, 15) is 14.6 Å². The number of rotatable bonds is 7. The number of anilines is 1. The minimum atomic E-state index is -0.607. The summed E-state index contributed by atoms with van der Waals surface area (Å²) in [6.07, 6.45) is 2.35. The van der Waals surface area contributed by atoms with Crippen LogP contribution in [0, 0.1) is 5.82 Å². The summed E-state index contributed by atoms with van der Waals surface area (Å²) >= 11 is 1.50. The van der Waals surface area contributed by atoms with Crippen molar-refractivity contribution in [2.75, 3.05) is 18.0 Å². The van der Waals surface area contributed by atoms with Gasteiger partial charge in [-0.2, -0.15) is 0 Å². The van der Waals surface area contributed by atoms with E-state index in [0.29, 0.717) is 30.4 Å². The summed E-state index contributed by atoms with van der Waals surface area (Å²) in [6.45, 7) is 3.94. The van der Waals surface area contributed by atoms with E-state index in [1.54, 1.807) is 43.1 Å². The molecule has 4 aromatic rings. The maximum Gasteiger partial charge on any atom is 0.226 e. The van der Waals surface area contributed by atoms with Crippen LogP contribution < -0.4 is 4.90 Å². The lowest BCUT2D eigenvalue weighted by Crippen LogP contribution is -2.37. The number of benzene rings is 1. The second-order valence-corrected chi connectivity index (χ2v) is 8.09. The third kappa shape index (κ3) is 4.18. The van der Waals surface area contributed by atoms with Crippen LogP contribution in [-0.2, 0) is 0 Å². The van der Waals surface area contributed by atoms with Crippen molar-refractivity contribution in [1.29, 1.82) is 0 Å². The van der Waals surface area contributed by atoms with Crippen LogP contribution in [0.1, 0.15) is 13.8 Å². The molecule has 9 heteroatoms. The van der Waals surface area contributed by atoms with E-state index in [4.69, 9.17) is 9.97 Å². The number of nitrogens with zero attached hydrogens (tertiary/aromatic N) is 5. The summed E-state index contributed by atoms with van der Waals surface area (Å²) in [6, 6.07) is 8.00. The normalized spacial score (nSPS) is 13.5. The third-order valence-electron chi connectivity index (χ3n) is 4.52. The predicted molar refractivity (Wildman–Crippen MR) is 115 cm³/mol. The largest absolute Gasteiger partial charge is 0.392 e. The molecule has 2 N–H and O–H groups in total. The summed E-state index contributed by atoms with van der Waals surface area (Å²) in [5, 5.41) is 21.7. The Morgan fingerprint density at radius 1 is 1.07 bits per heavy atom. The van der Waals surface area contributed by atoms with Gasteiger partial charge < -0.3 is 15.1 Å². The molecule has 0 aliphatic rings. The molecule has 0 spiro atoms. The molecular formula is C21H22FN5O2S. The zero-order chi connectivity index (χ0) is 21.3. The van der Waals surface area contributed by atoms with Crippen LogP contribution in [-0.4, -0.2) is 54.9 Å². The first kappa shape index (κ1) is 20.4. The fourth-order valence-electron chi connectivity index (χ4n) is 3.35. The van der Waals surface area contributed by atoms with Gasteiger partial charge in [-0.15, -0.1) is 11.3 Å². The first-order chi connectivity index (χ1) is 14.4. The molecule has 3 heterocycles. The van der Waals surface area contributed by atoms with E-state index in [-0.39, 0.29) is 5.82 Å². The monoisotopic (exact) mass is 427 g/mol. The van der Waals surface area contributed by atoms with Crippen molar-refractivity contribution >= 4 is 22.2 Å². The second-order valence-electron chi connectivity index (χ2n) is 7.22. The van der Waals surface area contributed by atoms with Gasteiger partial charge in [-0.1, -0.05) is 0 Å². The van der Waals surface area contributed by atoms with E-state index in [2.05, 4.69) is 4.98 Å². The molecule has 0 aliphatic heterocycles. The summed E-state index contributed by atoms with van der Waals surface area (Å²) in [5.41, 5.74) is 2.90. The Hall–Kier alpha value is -2.88. The number of aliphatic hydroxyl groups is 2. The van der Waals surface area contributed by atoms with Gasteiger partial charge in [0, 0.05) is 36.4 Å². The standard InChI is InChI=1S/C21H22FN5O2S/c1-13(28)11-26(12-14(2)29)20-23-8-7-17(24-20)19-18(15-3-5-16(22)6-4-15)25-21-27(19)9-10-30-21/h3-10,13-14,28-29H,11-12H2,1-2H3. The van der Waals surface area contributed by atoms with Gasteiger partial charge in [0.15, 0.2) is 4.96 Å². The van der Waals surface area contributed by atoms with Crippen molar-refractivity contribution in [1.82, 2.24) is 19.4 Å². The number of thiazole rings is 1. The first-order valence-electron chi connectivity index (χ1n) is 9.58. The quantitative estimate of drug-likeness (QED) is 0.471. The molecule has 1 aromatic carbocycles. The van der Waals surface area contributed by atoms with Crippen LogP contribution in [0.15, 0.2) is 48.1 Å². The number of hydrogen-bond acceptors (Lipinski definition) is 7. The lowest BCUT2D eigenvalue weighted by molar-refractivity contribution is 0.177. The zero-order valence-corrected chi connectivity index (χ0v) is 17.4. The van der Waals surface area contributed by atoms with Crippen LogP contribution in [0.5, 0.6) is 0 Å². The number of aliphatic hydroxyl groups excluding tert-OH is 2. The van der Waals surface area contributed by atoms with Gasteiger partial charge in [0.25, 0.3) is 0 Å². The number of aromatic nitrogens is 4. The molecule has 0 saturated carbocycles. The number of imidazole rings is 1. The number of hydrogen-bond donors (Lipinski definition) is 2. The molecule has 0 fully saturated rings. The molecule has 0 aliphatic carbocycles. The summed E-state index contributed by atoms with van der Waals surface area (Å²) in [7, 11) is 0. The zero-order valence-electron chi connectivity index (χ0n) is 16.6. The molecule has 0 bridgehead atoms. The van der Waals surface area contributed by atoms with E-state index >= 15 is 0 Å². The van der Waals surface area contributed by atoms with Crippen LogP contribution >= 0.6 is 11.3 Å². The Morgan fingerprint density at radius 2 is 1.77 bits per heavy atom. The second kappa shape index (κ2) is 8.47. The lowest BCUT2D eigenvalue weighted by atomic mass is 10.1. The van der Waals surface area contributed by atoms with E-state index in [1.807, 2.05) is 16.0 Å². The molecule has 2 unspecified atom stereocenters. The van der Waals surface area contributed by atoms with Gasteiger partial charge in [-0.05, 0) is 44.2 Å². The maximum absolute atomic E-state index is 13.4. The Morgan fingerprint density at radius 3 is 2.43 bits per heavy atom. The van der Waals surface area contributed by atoms with Crippen molar-refractivity contribution in [3.63, 3.8) is 0 Å². The Bertz CT molecular complexity index is 1130. The molecule has 2 atom stereocenters. The Balaban J connectivity index is 1.82. The topological polar surface area (TPSA) is 86.8 Å². The van der Waals surface area contributed by atoms with Crippen LogP contribution in [0.2, 0.25) is 0 Å². The van der Waals surface area contributed by atoms with Gasteiger partial charge in [-0.25, -0.2) is 19.3 Å². The molecule has 156 valence electrons. The molecule has 30 heavy (non-hydrogen) atoms. The van der Waals surface area contributed by atoms with E-state index < -0.39 is 12.2 Å². The predicted octanol–water partition coefficient (Wildman–Crippen LogP) is 3.23. The third-order valence-corrected chi connectivity index (χ3v) is 5.27. The molecule has 0 amide bonds. The lowest BCUT2D eigenvalue weighted by Gasteiger charge is -2.25. The van der Waals surface area contributed by atoms with Crippen molar-refractivity contribution < 1.29 is 14.6 Å². The highest BCUT2D eigenvalue weighted by Gasteiger charge is 2.20. The number of fused-ring (bicyclic) bond motifs is 1. The minimum Gasteiger partial charge on any atom is -0.392 e. The van der Waals surface area contributed by atoms with Crippen molar-refractivity contribution in [3.8, 4) is 22.6 Å². The van der Waals surface area contributed by atoms with Crippen LogP contribution in [0.25, 0.3) is 27.6 Å². The first-order valence-corrected chi connectivity index (χ1v) is 10.5. The highest BCUT2D eigenvalue weighted by atomic mass is 32.1. The van der Waals surface area contributed by atoms with Crippen LogP contribution in [0.3, 0.4) is 0 Å². The Labute approximate surface area is 177 Å². The molecule has 3 aromatic heterocycles. The summed E-state index contributed by atoms with van der Waals surface area (Å²) in [5.74, 6) is 0.0991. The van der Waals surface area contributed by atoms with Gasteiger partial charge in [0.1, 0.15) is 11.5 Å². The molecule has 7 nitrogen and oxygen atoms in total. The maximum atomic E-state index is 13.4. The van der Waals surface area contributed by atoms with Crippen molar-refractivity contribution in [3.05, 3.63) is 53.9 Å². The molecular weight excluding hydrogens is 405 g/mol. The average Bonchev–Trinajstić information content (AvgIpc) is 3.28.